The second-order valence-corrected chi connectivity index (χ2v) is 8.37. The van der Waals surface area contributed by atoms with Gasteiger partial charge in [-0.25, -0.2) is 0 Å². The van der Waals surface area contributed by atoms with Crippen molar-refractivity contribution in [2.24, 2.45) is 0 Å². The van der Waals surface area contributed by atoms with E-state index in [1.807, 2.05) is 66.7 Å². The Hall–Kier alpha value is -2.51. The van der Waals surface area contributed by atoms with E-state index in [4.69, 9.17) is 13.6 Å². The van der Waals surface area contributed by atoms with Crippen LogP contribution in [0, 0.1) is 6.92 Å². The Morgan fingerprint density at radius 1 is 0.667 bits per heavy atom. The second kappa shape index (κ2) is 8.45. The third kappa shape index (κ3) is 5.48. The van der Waals surface area contributed by atoms with Crippen LogP contribution >= 0.6 is 8.60 Å². The van der Waals surface area contributed by atoms with Gasteiger partial charge in [-0.15, -0.1) is 0 Å². The summed E-state index contributed by atoms with van der Waals surface area (Å²) in [5.41, 5.74) is 2.20. The topological polar surface area (TPSA) is 27.7 Å². The number of rotatable bonds is 6. The largest absolute Gasteiger partial charge is 0.530 e. The lowest BCUT2D eigenvalue weighted by molar-refractivity contribution is 0.382. The van der Waals surface area contributed by atoms with Crippen molar-refractivity contribution in [2.45, 2.75) is 33.1 Å². The van der Waals surface area contributed by atoms with Crippen LogP contribution < -0.4 is 13.6 Å². The number of hydrogen-bond donors (Lipinski definition) is 0. The van der Waals surface area contributed by atoms with E-state index in [0.717, 1.165) is 16.9 Å². The predicted molar refractivity (Wildman–Crippen MR) is 112 cm³/mol. The highest BCUT2D eigenvalue weighted by atomic mass is 31.2. The quantitative estimate of drug-likeness (QED) is 0.429. The third-order valence-electron chi connectivity index (χ3n) is 3.96. The summed E-state index contributed by atoms with van der Waals surface area (Å²) in [6.07, 6.45) is 0. The van der Waals surface area contributed by atoms with E-state index in [1.54, 1.807) is 0 Å². The maximum absolute atomic E-state index is 6.28. The summed E-state index contributed by atoms with van der Waals surface area (Å²) in [6.45, 7) is 8.56. The summed E-state index contributed by atoms with van der Waals surface area (Å²) in [6, 6.07) is 25.5. The molecule has 0 aromatic heterocycles. The first-order valence-electron chi connectivity index (χ1n) is 8.97. The fourth-order valence-corrected chi connectivity index (χ4v) is 3.61. The summed E-state index contributed by atoms with van der Waals surface area (Å²) in [7, 11) is -1.67. The first-order chi connectivity index (χ1) is 12.9. The fraction of sp³-hybridized carbons (Fsp3) is 0.217. The van der Waals surface area contributed by atoms with Crippen molar-refractivity contribution in [3.8, 4) is 17.2 Å². The standard InChI is InChI=1S/C23H25O3P/c1-18-15-16-21(23(2,3)4)22(17-18)26-27(24-19-11-7-5-8-12-19)25-20-13-9-6-10-14-20/h5-17H,1-4H3. The molecule has 0 aliphatic rings. The van der Waals surface area contributed by atoms with E-state index < -0.39 is 8.60 Å². The molecule has 3 rings (SSSR count). The molecule has 0 saturated carbocycles. The minimum absolute atomic E-state index is 0.0521. The maximum Gasteiger partial charge on any atom is 0.530 e. The van der Waals surface area contributed by atoms with Crippen LogP contribution in [-0.4, -0.2) is 0 Å². The summed E-state index contributed by atoms with van der Waals surface area (Å²) >= 11 is 0. The SMILES string of the molecule is Cc1ccc(C(C)(C)C)c(OP(Oc2ccccc2)Oc2ccccc2)c1. The summed E-state index contributed by atoms with van der Waals surface area (Å²) < 4.78 is 18.4. The van der Waals surface area contributed by atoms with Gasteiger partial charge in [0.05, 0.1) is 0 Å². The van der Waals surface area contributed by atoms with Gasteiger partial charge in [-0.3, -0.25) is 0 Å². The van der Waals surface area contributed by atoms with Gasteiger partial charge >= 0.3 is 8.60 Å². The smallest absolute Gasteiger partial charge is 0.409 e. The van der Waals surface area contributed by atoms with E-state index in [9.17, 15) is 0 Å². The van der Waals surface area contributed by atoms with E-state index >= 15 is 0 Å². The highest BCUT2D eigenvalue weighted by Gasteiger charge is 2.25. The van der Waals surface area contributed by atoms with Gasteiger partial charge < -0.3 is 13.6 Å². The molecule has 0 aliphatic heterocycles. The summed E-state index contributed by atoms with van der Waals surface area (Å²) in [5, 5.41) is 0. The zero-order valence-electron chi connectivity index (χ0n) is 16.2. The van der Waals surface area contributed by atoms with Crippen molar-refractivity contribution in [3.05, 3.63) is 90.0 Å². The zero-order chi connectivity index (χ0) is 19.3. The zero-order valence-corrected chi connectivity index (χ0v) is 17.1. The number of para-hydroxylation sites is 2. The minimum atomic E-state index is -1.67. The van der Waals surface area contributed by atoms with Crippen LogP contribution in [0.3, 0.4) is 0 Å². The van der Waals surface area contributed by atoms with Crippen LogP contribution in [0.5, 0.6) is 17.2 Å². The van der Waals surface area contributed by atoms with Crippen LogP contribution in [0.2, 0.25) is 0 Å². The van der Waals surface area contributed by atoms with Gasteiger partial charge in [0.2, 0.25) is 0 Å². The normalized spacial score (nSPS) is 11.3. The van der Waals surface area contributed by atoms with Crippen molar-refractivity contribution >= 4 is 8.60 Å². The number of benzene rings is 3. The second-order valence-electron chi connectivity index (χ2n) is 7.37. The van der Waals surface area contributed by atoms with Gasteiger partial charge in [0.25, 0.3) is 0 Å². The molecule has 3 aromatic rings. The lowest BCUT2D eigenvalue weighted by Crippen LogP contribution is -2.14. The van der Waals surface area contributed by atoms with Crippen LogP contribution in [0.4, 0.5) is 0 Å². The minimum Gasteiger partial charge on any atom is -0.409 e. The molecule has 0 bridgehead atoms. The molecule has 0 spiro atoms. The van der Waals surface area contributed by atoms with Gasteiger partial charge in [0.15, 0.2) is 0 Å². The van der Waals surface area contributed by atoms with Gasteiger partial charge in [0, 0.05) is 5.56 Å². The van der Waals surface area contributed by atoms with E-state index in [0.29, 0.717) is 11.5 Å². The first kappa shape index (κ1) is 19.3. The van der Waals surface area contributed by atoms with Crippen LogP contribution in [0.25, 0.3) is 0 Å². The van der Waals surface area contributed by atoms with E-state index in [1.165, 1.54) is 0 Å². The van der Waals surface area contributed by atoms with Crippen LogP contribution in [-0.2, 0) is 5.41 Å². The Morgan fingerprint density at radius 3 is 1.67 bits per heavy atom. The van der Waals surface area contributed by atoms with Gasteiger partial charge in [0.1, 0.15) is 17.2 Å². The van der Waals surface area contributed by atoms with Crippen molar-refractivity contribution in [1.29, 1.82) is 0 Å². The highest BCUT2D eigenvalue weighted by Crippen LogP contribution is 2.45. The van der Waals surface area contributed by atoms with E-state index in [-0.39, 0.29) is 5.41 Å². The van der Waals surface area contributed by atoms with E-state index in [2.05, 4.69) is 39.8 Å². The van der Waals surface area contributed by atoms with Crippen molar-refractivity contribution < 1.29 is 13.6 Å². The summed E-state index contributed by atoms with van der Waals surface area (Å²) in [5.74, 6) is 2.22. The lowest BCUT2D eigenvalue weighted by Gasteiger charge is -2.25. The average Bonchev–Trinajstić information content (AvgIpc) is 2.62. The molecule has 0 radical (unpaired) electrons. The molecule has 3 nitrogen and oxygen atoms in total. The molecule has 27 heavy (non-hydrogen) atoms. The Labute approximate surface area is 162 Å². The first-order valence-corrected chi connectivity index (χ1v) is 10.1. The molecule has 0 N–H and O–H groups in total. The predicted octanol–water partition coefficient (Wildman–Crippen LogP) is 7.06. The molecular weight excluding hydrogens is 355 g/mol. The fourth-order valence-electron chi connectivity index (χ4n) is 2.60. The van der Waals surface area contributed by atoms with Gasteiger partial charge in [-0.1, -0.05) is 69.3 Å². The lowest BCUT2D eigenvalue weighted by atomic mass is 9.86. The Bertz CT molecular complexity index is 816. The molecule has 0 saturated heterocycles. The molecule has 0 amide bonds. The van der Waals surface area contributed by atoms with Crippen molar-refractivity contribution in [2.75, 3.05) is 0 Å². The summed E-state index contributed by atoms with van der Waals surface area (Å²) in [4.78, 5) is 0. The van der Waals surface area contributed by atoms with Crippen molar-refractivity contribution in [3.63, 3.8) is 0 Å². The molecule has 3 aromatic carbocycles. The molecular formula is C23H25O3P. The Balaban J connectivity index is 1.90. The maximum atomic E-state index is 6.28. The monoisotopic (exact) mass is 380 g/mol. The van der Waals surface area contributed by atoms with Gasteiger partial charge in [-0.05, 0) is 48.2 Å². The molecule has 0 fully saturated rings. The van der Waals surface area contributed by atoms with Crippen LogP contribution in [0.15, 0.2) is 78.9 Å². The Morgan fingerprint density at radius 2 is 1.19 bits per heavy atom. The molecule has 0 aliphatic carbocycles. The number of aryl methyl sites for hydroxylation is 1. The molecule has 140 valence electrons. The number of hydrogen-bond acceptors (Lipinski definition) is 3. The molecule has 4 heteroatoms. The highest BCUT2D eigenvalue weighted by molar-refractivity contribution is 7.43. The van der Waals surface area contributed by atoms with Crippen LogP contribution in [0.1, 0.15) is 31.9 Å². The van der Waals surface area contributed by atoms with Crippen molar-refractivity contribution in [1.82, 2.24) is 0 Å². The third-order valence-corrected chi connectivity index (χ3v) is 5.03. The Kier molecular flexibility index (Phi) is 6.03. The molecule has 0 atom stereocenters. The molecule has 0 unspecified atom stereocenters. The average molecular weight is 380 g/mol. The molecule has 0 heterocycles. The van der Waals surface area contributed by atoms with Gasteiger partial charge in [-0.2, -0.15) is 0 Å².